The molecule has 1 heterocycles. The van der Waals surface area contributed by atoms with Crippen molar-refractivity contribution in [2.45, 2.75) is 25.9 Å². The molecule has 0 spiro atoms. The van der Waals surface area contributed by atoms with Crippen molar-refractivity contribution in [3.8, 4) is 0 Å². The van der Waals surface area contributed by atoms with E-state index in [1.54, 1.807) is 6.92 Å². The van der Waals surface area contributed by atoms with Gasteiger partial charge in [0.05, 0.1) is 12.3 Å². The summed E-state index contributed by atoms with van der Waals surface area (Å²) in [6.45, 7) is 1.76. The lowest BCUT2D eigenvalue weighted by molar-refractivity contribution is -0.143. The highest BCUT2D eigenvalue weighted by molar-refractivity contribution is 7.89. The van der Waals surface area contributed by atoms with Crippen LogP contribution in [0, 0.1) is 5.92 Å². The zero-order chi connectivity index (χ0) is 13.8. The molecule has 0 aromatic carbocycles. The van der Waals surface area contributed by atoms with E-state index in [1.165, 1.54) is 4.90 Å². The Hall–Kier alpha value is -0.340. The molecular weight excluding hydrogens is 269 g/mol. The summed E-state index contributed by atoms with van der Waals surface area (Å²) in [5.41, 5.74) is 0. The van der Waals surface area contributed by atoms with Crippen molar-refractivity contribution in [2.24, 2.45) is 5.92 Å². The van der Waals surface area contributed by atoms with E-state index in [0.717, 1.165) is 0 Å². The Bertz CT molecular complexity index is 357. The molecule has 0 aromatic rings. The molecule has 0 amide bonds. The number of likely N-dealkylation sites (tertiary alicyclic amines) is 1. The third-order valence-corrected chi connectivity index (χ3v) is 4.39. The topological polar surface area (TPSA) is 49.4 Å². The van der Waals surface area contributed by atoms with Crippen molar-refractivity contribution in [1.82, 2.24) is 9.62 Å². The molecule has 1 aliphatic heterocycles. The number of halogens is 3. The molecule has 1 saturated heterocycles. The molecular formula is C10H19F3N2O2S. The van der Waals surface area contributed by atoms with Gasteiger partial charge in [-0.1, -0.05) is 6.92 Å². The molecule has 1 fully saturated rings. The van der Waals surface area contributed by atoms with Crippen LogP contribution in [0.5, 0.6) is 0 Å². The number of hydrogen-bond acceptors (Lipinski definition) is 3. The van der Waals surface area contributed by atoms with Crippen LogP contribution in [0.15, 0.2) is 0 Å². The highest BCUT2D eigenvalue weighted by atomic mass is 32.2. The van der Waals surface area contributed by atoms with Gasteiger partial charge in [-0.05, 0) is 25.3 Å². The molecule has 1 aliphatic rings. The second-order valence-electron chi connectivity index (χ2n) is 4.67. The Balaban J connectivity index is 2.31. The van der Waals surface area contributed by atoms with Gasteiger partial charge >= 0.3 is 6.18 Å². The number of sulfonamides is 1. The standard InChI is InChI=1S/C10H19F3N2O2S/c1-2-5-18(16,17)14-6-9-3-4-15(7-9)8-10(11,12)13/h9,14H,2-8H2,1H3. The highest BCUT2D eigenvalue weighted by Crippen LogP contribution is 2.22. The summed E-state index contributed by atoms with van der Waals surface area (Å²) in [6.07, 6.45) is -3.05. The summed E-state index contributed by atoms with van der Waals surface area (Å²) >= 11 is 0. The van der Waals surface area contributed by atoms with E-state index in [2.05, 4.69) is 4.72 Å². The zero-order valence-electron chi connectivity index (χ0n) is 10.3. The second kappa shape index (κ2) is 6.21. The molecule has 0 aromatic heterocycles. The summed E-state index contributed by atoms with van der Waals surface area (Å²) < 4.78 is 61.7. The Morgan fingerprint density at radius 2 is 2.06 bits per heavy atom. The first-order valence-electron chi connectivity index (χ1n) is 5.98. The molecule has 8 heteroatoms. The van der Waals surface area contributed by atoms with Crippen LogP contribution in [-0.2, 0) is 10.0 Å². The fraction of sp³-hybridized carbons (Fsp3) is 1.00. The van der Waals surface area contributed by atoms with Crippen molar-refractivity contribution < 1.29 is 21.6 Å². The van der Waals surface area contributed by atoms with E-state index in [1.807, 2.05) is 0 Å². The van der Waals surface area contributed by atoms with E-state index >= 15 is 0 Å². The summed E-state index contributed by atoms with van der Waals surface area (Å²) in [6, 6.07) is 0. The molecule has 0 bridgehead atoms. The number of alkyl halides is 3. The third kappa shape index (κ3) is 6.01. The zero-order valence-corrected chi connectivity index (χ0v) is 11.1. The molecule has 0 saturated carbocycles. The van der Waals surface area contributed by atoms with Gasteiger partial charge in [0.25, 0.3) is 0 Å². The van der Waals surface area contributed by atoms with Crippen LogP contribution in [0.25, 0.3) is 0 Å². The highest BCUT2D eigenvalue weighted by Gasteiger charge is 2.34. The van der Waals surface area contributed by atoms with Gasteiger partial charge in [0.15, 0.2) is 0 Å². The van der Waals surface area contributed by atoms with E-state index in [9.17, 15) is 21.6 Å². The SMILES string of the molecule is CCCS(=O)(=O)NCC1CCN(CC(F)(F)F)C1. The van der Waals surface area contributed by atoms with Crippen LogP contribution in [0.1, 0.15) is 19.8 Å². The number of nitrogens with zero attached hydrogens (tertiary/aromatic N) is 1. The third-order valence-electron chi connectivity index (χ3n) is 2.84. The smallest absolute Gasteiger partial charge is 0.295 e. The van der Waals surface area contributed by atoms with Crippen molar-refractivity contribution >= 4 is 10.0 Å². The Morgan fingerprint density at radius 1 is 1.39 bits per heavy atom. The van der Waals surface area contributed by atoms with Gasteiger partial charge in [-0.15, -0.1) is 0 Å². The maximum atomic E-state index is 12.2. The lowest BCUT2D eigenvalue weighted by Gasteiger charge is -2.18. The predicted molar refractivity (Wildman–Crippen MR) is 62.7 cm³/mol. The number of rotatable bonds is 6. The maximum absolute atomic E-state index is 12.2. The van der Waals surface area contributed by atoms with Crippen LogP contribution >= 0.6 is 0 Å². The first kappa shape index (κ1) is 15.7. The van der Waals surface area contributed by atoms with Crippen LogP contribution in [0.2, 0.25) is 0 Å². The van der Waals surface area contributed by atoms with Gasteiger partial charge in [-0.2, -0.15) is 13.2 Å². The van der Waals surface area contributed by atoms with Crippen molar-refractivity contribution in [2.75, 3.05) is 31.9 Å². The van der Waals surface area contributed by atoms with Gasteiger partial charge in [0.2, 0.25) is 10.0 Å². The Kier molecular flexibility index (Phi) is 5.42. The van der Waals surface area contributed by atoms with Gasteiger partial charge in [-0.3, -0.25) is 4.90 Å². The van der Waals surface area contributed by atoms with Crippen molar-refractivity contribution in [1.29, 1.82) is 0 Å². The minimum Gasteiger partial charge on any atom is -0.295 e. The fourth-order valence-corrected chi connectivity index (χ4v) is 3.23. The van der Waals surface area contributed by atoms with Gasteiger partial charge in [0.1, 0.15) is 0 Å². The van der Waals surface area contributed by atoms with Crippen LogP contribution in [0.3, 0.4) is 0 Å². The molecule has 0 radical (unpaired) electrons. The first-order valence-corrected chi connectivity index (χ1v) is 7.63. The molecule has 18 heavy (non-hydrogen) atoms. The molecule has 1 unspecified atom stereocenters. The van der Waals surface area contributed by atoms with E-state index in [4.69, 9.17) is 0 Å². The lowest BCUT2D eigenvalue weighted by Crippen LogP contribution is -2.35. The summed E-state index contributed by atoms with van der Waals surface area (Å²) in [4.78, 5) is 1.32. The molecule has 1 rings (SSSR count). The first-order chi connectivity index (χ1) is 8.22. The molecule has 0 aliphatic carbocycles. The quantitative estimate of drug-likeness (QED) is 0.799. The monoisotopic (exact) mass is 288 g/mol. The normalized spacial score (nSPS) is 22.6. The van der Waals surface area contributed by atoms with Crippen molar-refractivity contribution in [3.05, 3.63) is 0 Å². The lowest BCUT2D eigenvalue weighted by atomic mass is 10.1. The van der Waals surface area contributed by atoms with E-state index < -0.39 is 22.7 Å². The molecule has 1 atom stereocenters. The fourth-order valence-electron chi connectivity index (χ4n) is 2.06. The van der Waals surface area contributed by atoms with Crippen LogP contribution in [-0.4, -0.2) is 51.4 Å². The van der Waals surface area contributed by atoms with Crippen LogP contribution in [0.4, 0.5) is 13.2 Å². The summed E-state index contributed by atoms with van der Waals surface area (Å²) in [5, 5.41) is 0. The molecule has 108 valence electrons. The van der Waals surface area contributed by atoms with Gasteiger partial charge in [-0.25, -0.2) is 13.1 Å². The second-order valence-corrected chi connectivity index (χ2v) is 6.60. The summed E-state index contributed by atoms with van der Waals surface area (Å²) in [7, 11) is -3.26. The average Bonchev–Trinajstić information content (AvgIpc) is 2.60. The Labute approximate surface area is 106 Å². The minimum atomic E-state index is -4.18. The maximum Gasteiger partial charge on any atom is 0.401 e. The Morgan fingerprint density at radius 3 is 2.61 bits per heavy atom. The molecule has 1 N–H and O–H groups in total. The molecule has 4 nitrogen and oxygen atoms in total. The minimum absolute atomic E-state index is 0.0287. The van der Waals surface area contributed by atoms with Gasteiger partial charge in [0, 0.05) is 13.1 Å². The predicted octanol–water partition coefficient (Wildman–Crippen LogP) is 1.20. The number of hydrogen-bond donors (Lipinski definition) is 1. The average molecular weight is 288 g/mol. The van der Waals surface area contributed by atoms with Gasteiger partial charge < -0.3 is 0 Å². The van der Waals surface area contributed by atoms with E-state index in [0.29, 0.717) is 25.9 Å². The summed E-state index contributed by atoms with van der Waals surface area (Å²) in [5.74, 6) is 0.0328. The van der Waals surface area contributed by atoms with Crippen molar-refractivity contribution in [3.63, 3.8) is 0 Å². The largest absolute Gasteiger partial charge is 0.401 e. The van der Waals surface area contributed by atoms with Crippen LogP contribution < -0.4 is 4.72 Å². The van der Waals surface area contributed by atoms with E-state index in [-0.39, 0.29) is 18.2 Å². The number of nitrogens with one attached hydrogen (secondary N) is 1.